The van der Waals surface area contributed by atoms with Gasteiger partial charge in [0.2, 0.25) is 0 Å². The smallest absolute Gasteiger partial charge is 0.0539 e. The van der Waals surface area contributed by atoms with Crippen LogP contribution >= 0.6 is 0 Å². The minimum atomic E-state index is 0.440. The van der Waals surface area contributed by atoms with Crippen LogP contribution in [-0.2, 0) is 6.54 Å². The fourth-order valence-corrected chi connectivity index (χ4v) is 1.08. The number of nitrogens with one attached hydrogen (secondary N) is 2. The average Bonchev–Trinajstić information content (AvgIpc) is 2.26. The van der Waals surface area contributed by atoms with Gasteiger partial charge >= 0.3 is 0 Å². The molecule has 1 rings (SSSR count). The maximum absolute atomic E-state index is 7.21. The summed E-state index contributed by atoms with van der Waals surface area (Å²) in [5, 5.41) is 10.1. The highest BCUT2D eigenvalue weighted by atomic mass is 14.8. The Morgan fingerprint density at radius 3 is 2.86 bits per heavy atom. The lowest BCUT2D eigenvalue weighted by molar-refractivity contribution is 0.988. The van der Waals surface area contributed by atoms with Gasteiger partial charge in [-0.05, 0) is 6.07 Å². The molecule has 1 aromatic heterocycles. The van der Waals surface area contributed by atoms with Crippen molar-refractivity contribution in [2.75, 3.05) is 7.05 Å². The largest absolute Gasteiger partial charge is 0.393 e. The van der Waals surface area contributed by atoms with Crippen LogP contribution < -0.4 is 11.1 Å². The third kappa shape index (κ3) is 2.40. The van der Waals surface area contributed by atoms with Crippen LogP contribution in [0.1, 0.15) is 11.3 Å². The Bertz CT molecular complexity index is 326. The molecular formula is C10H14N4. The van der Waals surface area contributed by atoms with E-state index in [2.05, 4.69) is 10.3 Å². The van der Waals surface area contributed by atoms with Gasteiger partial charge in [-0.1, -0.05) is 6.07 Å². The first-order valence-corrected chi connectivity index (χ1v) is 4.35. The first-order chi connectivity index (χ1) is 6.81. The minimum Gasteiger partial charge on any atom is -0.393 e. The second-order valence-electron chi connectivity index (χ2n) is 2.78. The molecule has 0 fully saturated rings. The zero-order chi connectivity index (χ0) is 10.4. The molecule has 0 saturated carbocycles. The Balaban J connectivity index is 2.95. The molecule has 0 radical (unpaired) electrons. The van der Waals surface area contributed by atoms with Crippen molar-refractivity contribution in [3.05, 3.63) is 35.8 Å². The molecule has 0 aromatic carbocycles. The van der Waals surface area contributed by atoms with Gasteiger partial charge < -0.3 is 16.5 Å². The summed E-state index contributed by atoms with van der Waals surface area (Å²) in [4.78, 5) is 4.15. The number of allylic oxidation sites excluding steroid dienone is 1. The summed E-state index contributed by atoms with van der Waals surface area (Å²) in [6, 6.07) is 3.77. The van der Waals surface area contributed by atoms with E-state index in [4.69, 9.17) is 11.1 Å². The highest BCUT2D eigenvalue weighted by Gasteiger charge is 1.98. The molecule has 4 heteroatoms. The second-order valence-corrected chi connectivity index (χ2v) is 2.78. The summed E-state index contributed by atoms with van der Waals surface area (Å²) in [7, 11) is 1.80. The molecule has 14 heavy (non-hydrogen) atoms. The van der Waals surface area contributed by atoms with Crippen LogP contribution in [0.4, 0.5) is 0 Å². The fraction of sp³-hybridized carbons (Fsp3) is 0.200. The van der Waals surface area contributed by atoms with Gasteiger partial charge in [-0.15, -0.1) is 0 Å². The van der Waals surface area contributed by atoms with E-state index in [1.54, 1.807) is 19.4 Å². The van der Waals surface area contributed by atoms with E-state index in [0.717, 1.165) is 16.8 Å². The Kier molecular flexibility index (Phi) is 3.82. The number of aromatic nitrogens is 1. The molecule has 0 aliphatic heterocycles. The summed E-state index contributed by atoms with van der Waals surface area (Å²) >= 11 is 0. The molecule has 0 aliphatic carbocycles. The van der Waals surface area contributed by atoms with Crippen LogP contribution in [-0.4, -0.2) is 18.2 Å². The predicted molar refractivity (Wildman–Crippen MR) is 57.9 cm³/mol. The van der Waals surface area contributed by atoms with Crippen molar-refractivity contribution < 1.29 is 0 Å². The Morgan fingerprint density at radius 2 is 2.43 bits per heavy atom. The highest BCUT2D eigenvalue weighted by Crippen LogP contribution is 2.10. The maximum Gasteiger partial charge on any atom is 0.0539 e. The number of pyridine rings is 1. The lowest BCUT2D eigenvalue weighted by atomic mass is 10.1. The summed E-state index contributed by atoms with van der Waals surface area (Å²) in [6.45, 7) is 0.440. The molecule has 0 unspecified atom stereocenters. The monoisotopic (exact) mass is 190 g/mol. The quantitative estimate of drug-likeness (QED) is 0.613. The number of nitrogens with two attached hydrogens (primary N) is 1. The highest BCUT2D eigenvalue weighted by molar-refractivity contribution is 6.07. The summed E-state index contributed by atoms with van der Waals surface area (Å²) in [6.07, 6.45) is 4.76. The van der Waals surface area contributed by atoms with Crippen molar-refractivity contribution in [2.24, 2.45) is 5.73 Å². The topological polar surface area (TPSA) is 74.8 Å². The first-order valence-electron chi connectivity index (χ1n) is 4.35. The van der Waals surface area contributed by atoms with Crippen molar-refractivity contribution in [2.45, 2.75) is 6.54 Å². The van der Waals surface area contributed by atoms with Gasteiger partial charge in [0.15, 0.2) is 0 Å². The first kappa shape index (κ1) is 10.4. The lowest BCUT2D eigenvalue weighted by Crippen LogP contribution is -2.01. The molecule has 1 heterocycles. The Labute approximate surface area is 83.4 Å². The summed E-state index contributed by atoms with van der Waals surface area (Å²) < 4.78 is 0. The van der Waals surface area contributed by atoms with Crippen molar-refractivity contribution >= 4 is 11.8 Å². The Morgan fingerprint density at radius 1 is 1.64 bits per heavy atom. The predicted octanol–water partition coefficient (Wildman–Crippen LogP) is 0.750. The van der Waals surface area contributed by atoms with E-state index >= 15 is 0 Å². The standard InChI is InChI=1S/C10H14N4/c1-13-6-9(4-11)8-2-3-10(5-12)14-7-8/h2-4,6-7,11,13H,5,12H2,1H3/b9-6+,11-4?. The molecule has 1 aromatic rings. The zero-order valence-electron chi connectivity index (χ0n) is 8.12. The van der Waals surface area contributed by atoms with Crippen LogP contribution in [0, 0.1) is 5.41 Å². The maximum atomic E-state index is 7.21. The van der Waals surface area contributed by atoms with Gasteiger partial charge in [-0.3, -0.25) is 4.98 Å². The summed E-state index contributed by atoms with van der Waals surface area (Å²) in [5.74, 6) is 0. The Hall–Kier alpha value is -1.68. The van der Waals surface area contributed by atoms with Gasteiger partial charge in [0.05, 0.1) is 5.69 Å². The number of rotatable bonds is 4. The van der Waals surface area contributed by atoms with Gasteiger partial charge in [-0.2, -0.15) is 0 Å². The third-order valence-corrected chi connectivity index (χ3v) is 1.82. The molecule has 4 nitrogen and oxygen atoms in total. The number of hydrogen-bond donors (Lipinski definition) is 3. The normalized spacial score (nSPS) is 11.1. The van der Waals surface area contributed by atoms with Crippen molar-refractivity contribution in [3.8, 4) is 0 Å². The van der Waals surface area contributed by atoms with E-state index in [0.29, 0.717) is 6.54 Å². The molecule has 4 N–H and O–H groups in total. The molecular weight excluding hydrogens is 176 g/mol. The second kappa shape index (κ2) is 5.14. The molecule has 0 spiro atoms. The minimum absolute atomic E-state index is 0.440. The third-order valence-electron chi connectivity index (χ3n) is 1.82. The SMILES string of the molecule is CN/C=C(\C=N)c1ccc(CN)nc1. The van der Waals surface area contributed by atoms with Crippen molar-refractivity contribution in [1.29, 1.82) is 5.41 Å². The molecule has 0 amide bonds. The van der Waals surface area contributed by atoms with E-state index in [-0.39, 0.29) is 0 Å². The van der Waals surface area contributed by atoms with Crippen molar-refractivity contribution in [1.82, 2.24) is 10.3 Å². The molecule has 0 aliphatic rings. The van der Waals surface area contributed by atoms with Crippen LogP contribution in [0.25, 0.3) is 5.57 Å². The number of nitrogens with zero attached hydrogens (tertiary/aromatic N) is 1. The van der Waals surface area contributed by atoms with Crippen LogP contribution in [0.5, 0.6) is 0 Å². The van der Waals surface area contributed by atoms with E-state index < -0.39 is 0 Å². The lowest BCUT2D eigenvalue weighted by Gasteiger charge is -2.02. The van der Waals surface area contributed by atoms with Crippen molar-refractivity contribution in [3.63, 3.8) is 0 Å². The van der Waals surface area contributed by atoms with E-state index in [1.165, 1.54) is 6.21 Å². The molecule has 0 saturated heterocycles. The molecule has 0 bridgehead atoms. The zero-order valence-corrected chi connectivity index (χ0v) is 8.12. The van der Waals surface area contributed by atoms with E-state index in [1.807, 2.05) is 12.1 Å². The van der Waals surface area contributed by atoms with Gasteiger partial charge in [0.1, 0.15) is 0 Å². The number of hydrogen-bond acceptors (Lipinski definition) is 4. The summed E-state index contributed by atoms with van der Waals surface area (Å²) in [5.41, 5.74) is 7.99. The van der Waals surface area contributed by atoms with Gasteiger partial charge in [0, 0.05) is 43.3 Å². The van der Waals surface area contributed by atoms with Crippen LogP contribution in [0.15, 0.2) is 24.5 Å². The molecule has 74 valence electrons. The van der Waals surface area contributed by atoms with Gasteiger partial charge in [0.25, 0.3) is 0 Å². The van der Waals surface area contributed by atoms with E-state index in [9.17, 15) is 0 Å². The van der Waals surface area contributed by atoms with Gasteiger partial charge in [-0.25, -0.2) is 0 Å². The van der Waals surface area contributed by atoms with Crippen LogP contribution in [0.3, 0.4) is 0 Å². The van der Waals surface area contributed by atoms with Crippen LogP contribution in [0.2, 0.25) is 0 Å². The molecule has 0 atom stereocenters. The average molecular weight is 190 g/mol. The fourth-order valence-electron chi connectivity index (χ4n) is 1.08.